The van der Waals surface area contributed by atoms with E-state index >= 15 is 0 Å². The van der Waals surface area contributed by atoms with Crippen molar-refractivity contribution in [2.45, 2.75) is 19.0 Å². The first-order valence-corrected chi connectivity index (χ1v) is 11.0. The van der Waals surface area contributed by atoms with Gasteiger partial charge in [0.25, 0.3) is 11.5 Å². The van der Waals surface area contributed by atoms with Gasteiger partial charge in [0.1, 0.15) is 5.69 Å². The fraction of sp³-hybridized carbons (Fsp3) is 0.143. The Labute approximate surface area is 191 Å². The van der Waals surface area contributed by atoms with Crippen molar-refractivity contribution in [3.8, 4) is 0 Å². The third kappa shape index (κ3) is 5.96. The summed E-state index contributed by atoms with van der Waals surface area (Å²) in [5.74, 6) is -0.836. The average molecular weight is 502 g/mol. The molecule has 8 nitrogen and oxygen atoms in total. The van der Waals surface area contributed by atoms with E-state index in [0.29, 0.717) is 5.56 Å². The van der Waals surface area contributed by atoms with Crippen molar-refractivity contribution in [2.75, 3.05) is 22.1 Å². The topological polar surface area (TPSA) is 130 Å². The lowest BCUT2D eigenvalue weighted by Gasteiger charge is -2.10. The van der Waals surface area contributed by atoms with Crippen LogP contribution in [0.15, 0.2) is 56.9 Å². The maximum atomic E-state index is 12.4. The SMILES string of the molecule is Cc1ccc(NC(=O)CSc2nc(N)c(NC(=O)c3ccc(Br)cc3)c(=O)[nH]2)c(C)c1. The zero-order valence-corrected chi connectivity index (χ0v) is 19.2. The molecule has 0 spiro atoms. The summed E-state index contributed by atoms with van der Waals surface area (Å²) in [6.45, 7) is 3.89. The van der Waals surface area contributed by atoms with E-state index in [0.717, 1.165) is 33.0 Å². The highest BCUT2D eigenvalue weighted by atomic mass is 79.9. The van der Waals surface area contributed by atoms with E-state index in [4.69, 9.17) is 5.73 Å². The van der Waals surface area contributed by atoms with E-state index in [1.165, 1.54) is 0 Å². The fourth-order valence-electron chi connectivity index (χ4n) is 2.72. The molecule has 0 unspecified atom stereocenters. The monoisotopic (exact) mass is 501 g/mol. The summed E-state index contributed by atoms with van der Waals surface area (Å²) < 4.78 is 0.825. The zero-order valence-electron chi connectivity index (χ0n) is 16.8. The highest BCUT2D eigenvalue weighted by Crippen LogP contribution is 2.20. The summed E-state index contributed by atoms with van der Waals surface area (Å²) in [5.41, 5.74) is 8.28. The maximum Gasteiger partial charge on any atom is 0.277 e. The summed E-state index contributed by atoms with van der Waals surface area (Å²) in [4.78, 5) is 43.6. The molecule has 0 atom stereocenters. The van der Waals surface area contributed by atoms with E-state index in [2.05, 4.69) is 36.5 Å². The number of hydrogen-bond acceptors (Lipinski definition) is 6. The number of thioether (sulfide) groups is 1. The minimum atomic E-state index is -0.602. The molecule has 160 valence electrons. The summed E-state index contributed by atoms with van der Waals surface area (Å²) in [7, 11) is 0. The molecule has 3 aromatic rings. The second kappa shape index (κ2) is 9.80. The van der Waals surface area contributed by atoms with Gasteiger partial charge in [0.05, 0.1) is 5.75 Å². The molecule has 0 aliphatic carbocycles. The summed E-state index contributed by atoms with van der Waals surface area (Å²) in [5, 5.41) is 5.48. The first-order chi connectivity index (χ1) is 14.7. The number of rotatable bonds is 6. The van der Waals surface area contributed by atoms with Gasteiger partial charge >= 0.3 is 0 Å². The number of hydrogen-bond donors (Lipinski definition) is 4. The fourth-order valence-corrected chi connectivity index (χ4v) is 3.65. The van der Waals surface area contributed by atoms with Gasteiger partial charge in [0.2, 0.25) is 5.91 Å². The van der Waals surface area contributed by atoms with E-state index in [1.54, 1.807) is 24.3 Å². The lowest BCUT2D eigenvalue weighted by atomic mass is 10.1. The number of aromatic amines is 1. The van der Waals surface area contributed by atoms with Gasteiger partial charge in [0, 0.05) is 15.7 Å². The number of nitrogen functional groups attached to an aromatic ring is 1. The Balaban J connectivity index is 1.64. The van der Waals surface area contributed by atoms with Gasteiger partial charge in [-0.25, -0.2) is 4.98 Å². The van der Waals surface area contributed by atoms with Crippen LogP contribution in [0.4, 0.5) is 17.2 Å². The second-order valence-electron chi connectivity index (χ2n) is 6.75. The third-order valence-corrected chi connectivity index (χ3v) is 5.67. The normalized spacial score (nSPS) is 10.5. The highest BCUT2D eigenvalue weighted by Gasteiger charge is 2.15. The highest BCUT2D eigenvalue weighted by molar-refractivity contribution is 9.10. The van der Waals surface area contributed by atoms with E-state index in [-0.39, 0.29) is 28.3 Å². The van der Waals surface area contributed by atoms with Gasteiger partial charge in [-0.2, -0.15) is 0 Å². The lowest BCUT2D eigenvalue weighted by molar-refractivity contribution is -0.113. The number of nitrogens with one attached hydrogen (secondary N) is 3. The van der Waals surface area contributed by atoms with Crippen molar-refractivity contribution in [1.82, 2.24) is 9.97 Å². The minimum absolute atomic E-state index is 0.0281. The van der Waals surface area contributed by atoms with Crippen LogP contribution in [0, 0.1) is 13.8 Å². The molecule has 0 saturated carbocycles. The molecule has 0 radical (unpaired) electrons. The molecule has 2 aromatic carbocycles. The molecule has 31 heavy (non-hydrogen) atoms. The number of halogens is 1. The molecule has 0 saturated heterocycles. The molecular weight excluding hydrogens is 482 g/mol. The van der Waals surface area contributed by atoms with Crippen LogP contribution in [-0.4, -0.2) is 27.5 Å². The van der Waals surface area contributed by atoms with Gasteiger partial charge < -0.3 is 16.4 Å². The Morgan fingerprint density at radius 3 is 2.48 bits per heavy atom. The minimum Gasteiger partial charge on any atom is -0.382 e. The first kappa shape index (κ1) is 22.6. The number of benzene rings is 2. The van der Waals surface area contributed by atoms with Crippen LogP contribution in [0.3, 0.4) is 0 Å². The van der Waals surface area contributed by atoms with Crippen molar-refractivity contribution >= 4 is 56.7 Å². The van der Waals surface area contributed by atoms with Crippen LogP contribution < -0.4 is 21.9 Å². The smallest absolute Gasteiger partial charge is 0.277 e. The largest absolute Gasteiger partial charge is 0.382 e. The van der Waals surface area contributed by atoms with Gasteiger partial charge in [-0.3, -0.25) is 19.4 Å². The third-order valence-electron chi connectivity index (χ3n) is 4.27. The standard InChI is InChI=1S/C21H20BrN5O3S/c1-11-3-8-15(12(2)9-11)24-16(28)10-31-21-26-18(23)17(20(30)27-21)25-19(29)13-4-6-14(22)7-5-13/h3-9H,10H2,1-2H3,(H,24,28)(H,25,29)(H3,23,26,27,30). The number of amides is 2. The molecular formula is C21H20BrN5O3S. The Hall–Kier alpha value is -3.11. The number of H-pyrrole nitrogens is 1. The van der Waals surface area contributed by atoms with Crippen molar-refractivity contribution in [3.63, 3.8) is 0 Å². The van der Waals surface area contributed by atoms with Crippen LogP contribution in [0.1, 0.15) is 21.5 Å². The molecule has 0 bridgehead atoms. The van der Waals surface area contributed by atoms with Crippen LogP contribution in [-0.2, 0) is 4.79 Å². The summed E-state index contributed by atoms with van der Waals surface area (Å²) >= 11 is 4.33. The first-order valence-electron chi connectivity index (χ1n) is 9.19. The second-order valence-corrected chi connectivity index (χ2v) is 8.63. The van der Waals surface area contributed by atoms with Crippen LogP contribution in [0.2, 0.25) is 0 Å². The maximum absolute atomic E-state index is 12.4. The molecule has 3 rings (SSSR count). The number of nitrogens with zero attached hydrogens (tertiary/aromatic N) is 1. The number of aryl methyl sites for hydroxylation is 2. The number of carbonyl (C=O) groups is 2. The lowest BCUT2D eigenvalue weighted by Crippen LogP contribution is -2.23. The Morgan fingerprint density at radius 1 is 1.13 bits per heavy atom. The Kier molecular flexibility index (Phi) is 7.13. The molecule has 10 heteroatoms. The van der Waals surface area contributed by atoms with E-state index < -0.39 is 11.5 Å². The quantitative estimate of drug-likeness (QED) is 0.300. The van der Waals surface area contributed by atoms with Gasteiger partial charge in [-0.05, 0) is 49.7 Å². The predicted molar refractivity (Wildman–Crippen MR) is 127 cm³/mol. The van der Waals surface area contributed by atoms with Gasteiger partial charge in [-0.15, -0.1) is 0 Å². The van der Waals surface area contributed by atoms with Gasteiger partial charge in [-0.1, -0.05) is 45.4 Å². The van der Waals surface area contributed by atoms with Crippen molar-refractivity contribution in [1.29, 1.82) is 0 Å². The molecule has 5 N–H and O–H groups in total. The van der Waals surface area contributed by atoms with Crippen LogP contribution in [0.25, 0.3) is 0 Å². The van der Waals surface area contributed by atoms with Gasteiger partial charge in [0.15, 0.2) is 11.0 Å². The van der Waals surface area contributed by atoms with Crippen LogP contribution in [0.5, 0.6) is 0 Å². The molecule has 1 aromatic heterocycles. The van der Waals surface area contributed by atoms with Crippen molar-refractivity contribution < 1.29 is 9.59 Å². The molecule has 0 aliphatic heterocycles. The average Bonchev–Trinajstić information content (AvgIpc) is 2.71. The summed E-state index contributed by atoms with van der Waals surface area (Å²) in [6, 6.07) is 12.4. The molecule has 0 fully saturated rings. The zero-order chi connectivity index (χ0) is 22.5. The number of aromatic nitrogens is 2. The van der Waals surface area contributed by atoms with E-state index in [1.807, 2.05) is 32.0 Å². The van der Waals surface area contributed by atoms with Crippen LogP contribution >= 0.6 is 27.7 Å². The summed E-state index contributed by atoms with van der Waals surface area (Å²) in [6.07, 6.45) is 0. The molecule has 2 amide bonds. The van der Waals surface area contributed by atoms with E-state index in [9.17, 15) is 14.4 Å². The van der Waals surface area contributed by atoms with Crippen molar-refractivity contribution in [2.24, 2.45) is 0 Å². The molecule has 0 aliphatic rings. The predicted octanol–water partition coefficient (Wildman–Crippen LogP) is 3.71. The Morgan fingerprint density at radius 2 is 1.84 bits per heavy atom. The number of nitrogens with two attached hydrogens (primary N) is 1. The number of carbonyl (C=O) groups excluding carboxylic acids is 2. The molecule has 1 heterocycles. The Bertz CT molecular complexity index is 1190. The number of anilines is 3. The van der Waals surface area contributed by atoms with Crippen molar-refractivity contribution in [3.05, 3.63) is 74.0 Å².